The van der Waals surface area contributed by atoms with Gasteiger partial charge in [0.25, 0.3) is 5.91 Å². The summed E-state index contributed by atoms with van der Waals surface area (Å²) in [6.45, 7) is 5.89. The third kappa shape index (κ3) is 3.65. The lowest BCUT2D eigenvalue weighted by Crippen LogP contribution is -2.51. The Kier molecular flexibility index (Phi) is 4.81. The van der Waals surface area contributed by atoms with Crippen LogP contribution in [0.1, 0.15) is 46.8 Å². The lowest BCUT2D eigenvalue weighted by molar-refractivity contribution is 0.0224. The number of likely N-dealkylation sites (N-methyl/N-ethyl adjacent to an activating group) is 1. The van der Waals surface area contributed by atoms with Crippen LogP contribution in [0.4, 0.5) is 0 Å². The van der Waals surface area contributed by atoms with Gasteiger partial charge in [-0.3, -0.25) is 9.48 Å². The summed E-state index contributed by atoms with van der Waals surface area (Å²) in [6, 6.07) is 10.9. The van der Waals surface area contributed by atoms with E-state index in [1.807, 2.05) is 25.1 Å². The number of hydrogen-bond donors (Lipinski definition) is 0. The standard InChI is InChI=1S/C22H30N4O/c1-17-20(15-25(3)23-17)21(27)26-11-9-22(10-12-26)13-19(14-24(2)16-22)18-7-5-4-6-8-18/h4-8,15,19H,9-14,16H2,1-3H3/t19-/m1/s1. The van der Waals surface area contributed by atoms with Crippen LogP contribution in [0.2, 0.25) is 0 Å². The highest BCUT2D eigenvalue weighted by molar-refractivity contribution is 5.95. The Morgan fingerprint density at radius 3 is 2.48 bits per heavy atom. The van der Waals surface area contributed by atoms with E-state index < -0.39 is 0 Å². The summed E-state index contributed by atoms with van der Waals surface area (Å²) in [4.78, 5) is 17.4. The molecule has 5 heteroatoms. The molecule has 4 rings (SSSR count). The maximum atomic E-state index is 12.9. The summed E-state index contributed by atoms with van der Waals surface area (Å²) in [5.74, 6) is 0.729. The molecule has 1 spiro atoms. The third-order valence-corrected chi connectivity index (χ3v) is 6.44. The molecule has 2 aliphatic heterocycles. The predicted octanol–water partition coefficient (Wildman–Crippen LogP) is 3.07. The summed E-state index contributed by atoms with van der Waals surface area (Å²) < 4.78 is 1.73. The highest BCUT2D eigenvalue weighted by atomic mass is 16.2. The van der Waals surface area contributed by atoms with Gasteiger partial charge in [0.2, 0.25) is 0 Å². The Balaban J connectivity index is 1.45. The van der Waals surface area contributed by atoms with Gasteiger partial charge < -0.3 is 9.80 Å². The van der Waals surface area contributed by atoms with Gasteiger partial charge in [-0.05, 0) is 50.1 Å². The van der Waals surface area contributed by atoms with E-state index >= 15 is 0 Å². The number of aromatic nitrogens is 2. The molecule has 2 saturated heterocycles. The van der Waals surface area contributed by atoms with Gasteiger partial charge in [0.05, 0.1) is 11.3 Å². The molecule has 2 fully saturated rings. The number of benzene rings is 1. The molecule has 27 heavy (non-hydrogen) atoms. The van der Waals surface area contributed by atoms with Crippen LogP contribution in [0.3, 0.4) is 0 Å². The number of piperidine rings is 2. The van der Waals surface area contributed by atoms with Crippen LogP contribution < -0.4 is 0 Å². The molecule has 144 valence electrons. The molecule has 2 aliphatic rings. The molecular formula is C22H30N4O. The molecule has 0 bridgehead atoms. The van der Waals surface area contributed by atoms with E-state index in [0.29, 0.717) is 11.3 Å². The second kappa shape index (κ2) is 7.12. The van der Waals surface area contributed by atoms with Gasteiger partial charge in [-0.1, -0.05) is 30.3 Å². The molecular weight excluding hydrogens is 336 g/mol. The van der Waals surface area contributed by atoms with E-state index in [-0.39, 0.29) is 5.91 Å². The Hall–Kier alpha value is -2.14. The normalized spacial score (nSPS) is 22.9. The molecule has 1 aromatic carbocycles. The van der Waals surface area contributed by atoms with Gasteiger partial charge >= 0.3 is 0 Å². The van der Waals surface area contributed by atoms with Crippen molar-refractivity contribution in [2.45, 2.75) is 32.1 Å². The molecule has 0 N–H and O–H groups in total. The number of carbonyl (C=O) groups is 1. The second-order valence-electron chi connectivity index (χ2n) is 8.60. The average molecular weight is 367 g/mol. The minimum Gasteiger partial charge on any atom is -0.339 e. The predicted molar refractivity (Wildman–Crippen MR) is 107 cm³/mol. The van der Waals surface area contributed by atoms with E-state index in [4.69, 9.17) is 0 Å². The van der Waals surface area contributed by atoms with Crippen LogP contribution in [0.25, 0.3) is 0 Å². The number of nitrogens with zero attached hydrogens (tertiary/aromatic N) is 4. The van der Waals surface area contributed by atoms with Crippen molar-refractivity contribution in [3.63, 3.8) is 0 Å². The number of likely N-dealkylation sites (tertiary alicyclic amines) is 2. The minimum absolute atomic E-state index is 0.138. The highest BCUT2D eigenvalue weighted by Crippen LogP contribution is 2.44. The zero-order valence-corrected chi connectivity index (χ0v) is 16.7. The van der Waals surface area contributed by atoms with Crippen LogP contribution in [-0.4, -0.2) is 58.7 Å². The van der Waals surface area contributed by atoms with E-state index in [1.54, 1.807) is 4.68 Å². The van der Waals surface area contributed by atoms with Gasteiger partial charge in [0.1, 0.15) is 0 Å². The van der Waals surface area contributed by atoms with Crippen LogP contribution in [-0.2, 0) is 7.05 Å². The fraction of sp³-hybridized carbons (Fsp3) is 0.545. The summed E-state index contributed by atoms with van der Waals surface area (Å²) in [5.41, 5.74) is 3.35. The lowest BCUT2D eigenvalue weighted by atomic mass is 9.68. The molecule has 0 aliphatic carbocycles. The van der Waals surface area contributed by atoms with Crippen molar-refractivity contribution in [1.29, 1.82) is 0 Å². The maximum absolute atomic E-state index is 12.9. The smallest absolute Gasteiger partial charge is 0.257 e. The fourth-order valence-electron chi connectivity index (χ4n) is 5.14. The quantitative estimate of drug-likeness (QED) is 0.820. The first kappa shape index (κ1) is 18.2. The zero-order chi connectivity index (χ0) is 19.0. The topological polar surface area (TPSA) is 41.4 Å². The van der Waals surface area contributed by atoms with Crippen molar-refractivity contribution in [3.8, 4) is 0 Å². The molecule has 1 aromatic heterocycles. The third-order valence-electron chi connectivity index (χ3n) is 6.44. The van der Waals surface area contributed by atoms with Gasteiger partial charge in [0.15, 0.2) is 0 Å². The molecule has 1 atom stereocenters. The van der Waals surface area contributed by atoms with Gasteiger partial charge in [-0.25, -0.2) is 0 Å². The summed E-state index contributed by atoms with van der Waals surface area (Å²) in [6.07, 6.45) is 5.26. The number of hydrogen-bond acceptors (Lipinski definition) is 3. The van der Waals surface area contributed by atoms with E-state index in [2.05, 4.69) is 47.4 Å². The zero-order valence-electron chi connectivity index (χ0n) is 16.7. The number of carbonyl (C=O) groups excluding carboxylic acids is 1. The van der Waals surface area contributed by atoms with Crippen molar-refractivity contribution < 1.29 is 4.79 Å². The van der Waals surface area contributed by atoms with Crippen LogP contribution >= 0.6 is 0 Å². The Labute approximate surface area is 162 Å². The Morgan fingerprint density at radius 2 is 1.85 bits per heavy atom. The van der Waals surface area contributed by atoms with E-state index in [0.717, 1.165) is 50.3 Å². The molecule has 3 heterocycles. The summed E-state index contributed by atoms with van der Waals surface area (Å²) in [7, 11) is 4.12. The molecule has 0 radical (unpaired) electrons. The molecule has 2 aromatic rings. The number of rotatable bonds is 2. The molecule has 1 amide bonds. The van der Waals surface area contributed by atoms with Gasteiger partial charge in [-0.2, -0.15) is 5.10 Å². The monoisotopic (exact) mass is 366 g/mol. The van der Waals surface area contributed by atoms with Crippen molar-refractivity contribution >= 4 is 5.91 Å². The van der Waals surface area contributed by atoms with Crippen molar-refractivity contribution in [2.24, 2.45) is 12.5 Å². The molecule has 0 saturated carbocycles. The first-order valence-corrected chi connectivity index (χ1v) is 9.99. The van der Waals surface area contributed by atoms with Crippen LogP contribution in [0.5, 0.6) is 0 Å². The van der Waals surface area contributed by atoms with Crippen molar-refractivity contribution in [3.05, 3.63) is 53.3 Å². The van der Waals surface area contributed by atoms with Crippen LogP contribution in [0.15, 0.2) is 36.5 Å². The SMILES string of the molecule is Cc1nn(C)cc1C(=O)N1CCC2(CC1)C[C@@H](c1ccccc1)CN(C)C2. The maximum Gasteiger partial charge on any atom is 0.257 e. The van der Waals surface area contributed by atoms with Gasteiger partial charge in [0, 0.05) is 39.4 Å². The van der Waals surface area contributed by atoms with E-state index in [9.17, 15) is 4.79 Å². The van der Waals surface area contributed by atoms with Crippen molar-refractivity contribution in [2.75, 3.05) is 33.2 Å². The molecule has 0 unspecified atom stereocenters. The number of aryl methyl sites for hydroxylation is 2. The largest absolute Gasteiger partial charge is 0.339 e. The first-order valence-electron chi connectivity index (χ1n) is 9.99. The average Bonchev–Trinajstić information content (AvgIpc) is 3.00. The highest BCUT2D eigenvalue weighted by Gasteiger charge is 2.42. The Morgan fingerprint density at radius 1 is 1.15 bits per heavy atom. The summed E-state index contributed by atoms with van der Waals surface area (Å²) in [5, 5.41) is 4.33. The van der Waals surface area contributed by atoms with E-state index in [1.165, 1.54) is 12.0 Å². The first-order chi connectivity index (χ1) is 13.0. The Bertz CT molecular complexity index is 805. The van der Waals surface area contributed by atoms with Gasteiger partial charge in [-0.15, -0.1) is 0 Å². The molecule has 5 nitrogen and oxygen atoms in total. The fourth-order valence-corrected chi connectivity index (χ4v) is 5.14. The summed E-state index contributed by atoms with van der Waals surface area (Å²) >= 11 is 0. The number of amides is 1. The second-order valence-corrected chi connectivity index (χ2v) is 8.60. The lowest BCUT2D eigenvalue weighted by Gasteiger charge is -2.49. The van der Waals surface area contributed by atoms with Crippen molar-refractivity contribution in [1.82, 2.24) is 19.6 Å². The minimum atomic E-state index is 0.138. The van der Waals surface area contributed by atoms with Crippen LogP contribution in [0, 0.1) is 12.3 Å².